The van der Waals surface area contributed by atoms with Crippen molar-refractivity contribution in [2.45, 2.75) is 32.5 Å². The molecule has 0 atom stereocenters. The first-order valence-corrected chi connectivity index (χ1v) is 10.6. The zero-order valence-corrected chi connectivity index (χ0v) is 17.4. The van der Waals surface area contributed by atoms with Gasteiger partial charge in [0.15, 0.2) is 5.78 Å². The molecule has 0 N–H and O–H groups in total. The van der Waals surface area contributed by atoms with E-state index in [0.717, 1.165) is 34.8 Å². The molecule has 4 aromatic heterocycles. The number of furan rings is 1. The average Bonchev–Trinajstić information content (AvgIpc) is 3.45. The lowest BCUT2D eigenvalue weighted by Crippen LogP contribution is -2.07. The summed E-state index contributed by atoms with van der Waals surface area (Å²) in [4.78, 5) is 14.0. The maximum absolute atomic E-state index is 12.8. The molecule has 144 valence electrons. The summed E-state index contributed by atoms with van der Waals surface area (Å²) in [5, 5.41) is 10.5. The maximum Gasteiger partial charge on any atom is 0.277 e. The van der Waals surface area contributed by atoms with Gasteiger partial charge in [0.2, 0.25) is 0 Å². The number of aromatic nitrogens is 3. The number of carbonyl (C=O) groups excluding carboxylic acids is 1. The lowest BCUT2D eigenvalue weighted by molar-refractivity contribution is 0.102. The normalized spacial score (nSPS) is 11.2. The van der Waals surface area contributed by atoms with Crippen molar-refractivity contribution in [1.29, 1.82) is 0 Å². The quantitative estimate of drug-likeness (QED) is 0.308. The Kier molecular flexibility index (Phi) is 5.23. The van der Waals surface area contributed by atoms with Gasteiger partial charge in [0, 0.05) is 21.8 Å². The first-order chi connectivity index (χ1) is 13.5. The fourth-order valence-electron chi connectivity index (χ4n) is 3.07. The predicted octanol–water partition coefficient (Wildman–Crippen LogP) is 5.14. The Balaban J connectivity index is 1.44. The maximum atomic E-state index is 12.8. The molecule has 4 aromatic rings. The summed E-state index contributed by atoms with van der Waals surface area (Å²) in [6.45, 7) is 6.64. The fraction of sp³-hybridized carbons (Fsp3) is 0.250. The van der Waals surface area contributed by atoms with Crippen LogP contribution in [0.2, 0.25) is 0 Å². The SMILES string of the molecule is Cc1occc1-c1nnc(SCC(=O)c2cc(C)n(Cc3cccs3)c2C)o1. The van der Waals surface area contributed by atoms with Gasteiger partial charge < -0.3 is 13.4 Å². The van der Waals surface area contributed by atoms with Gasteiger partial charge in [-0.05, 0) is 44.4 Å². The van der Waals surface area contributed by atoms with Crippen molar-refractivity contribution in [3.05, 3.63) is 63.5 Å². The molecular weight excluding hydrogens is 394 g/mol. The Hall–Kier alpha value is -2.58. The molecule has 0 aliphatic heterocycles. The van der Waals surface area contributed by atoms with E-state index in [1.54, 1.807) is 23.7 Å². The monoisotopic (exact) mass is 413 g/mol. The van der Waals surface area contributed by atoms with Crippen LogP contribution in [0.5, 0.6) is 0 Å². The molecule has 0 aliphatic carbocycles. The van der Waals surface area contributed by atoms with Crippen LogP contribution < -0.4 is 0 Å². The van der Waals surface area contributed by atoms with E-state index in [1.807, 2.05) is 32.9 Å². The molecule has 0 aliphatic rings. The van der Waals surface area contributed by atoms with Gasteiger partial charge in [-0.3, -0.25) is 4.79 Å². The highest BCUT2D eigenvalue weighted by atomic mass is 32.2. The van der Waals surface area contributed by atoms with Crippen molar-refractivity contribution in [3.8, 4) is 11.5 Å². The Bertz CT molecular complexity index is 1110. The number of Topliss-reactive ketones (excluding diaryl/α,β-unsaturated/α-hetero) is 1. The van der Waals surface area contributed by atoms with Gasteiger partial charge in [0.1, 0.15) is 5.76 Å². The highest BCUT2D eigenvalue weighted by Crippen LogP contribution is 2.27. The molecule has 0 radical (unpaired) electrons. The van der Waals surface area contributed by atoms with E-state index in [4.69, 9.17) is 8.83 Å². The molecule has 0 fully saturated rings. The lowest BCUT2D eigenvalue weighted by atomic mass is 10.2. The minimum absolute atomic E-state index is 0.0507. The van der Waals surface area contributed by atoms with Gasteiger partial charge >= 0.3 is 0 Å². The molecule has 8 heteroatoms. The van der Waals surface area contributed by atoms with Gasteiger partial charge in [0.25, 0.3) is 11.1 Å². The third-order valence-electron chi connectivity index (χ3n) is 4.59. The molecule has 4 rings (SSSR count). The summed E-state index contributed by atoms with van der Waals surface area (Å²) in [5.41, 5.74) is 3.57. The van der Waals surface area contributed by atoms with E-state index in [2.05, 4.69) is 26.2 Å². The number of hydrogen-bond acceptors (Lipinski definition) is 7. The van der Waals surface area contributed by atoms with Gasteiger partial charge in [-0.2, -0.15) is 0 Å². The number of carbonyl (C=O) groups is 1. The van der Waals surface area contributed by atoms with Crippen molar-refractivity contribution < 1.29 is 13.6 Å². The first kappa shape index (κ1) is 18.8. The standard InChI is InChI=1S/C20H19N3O3S2/c1-12-9-17(13(2)23(12)10-15-5-4-8-27-15)18(24)11-28-20-22-21-19(26-20)16-6-7-25-14(16)3/h4-9H,10-11H2,1-3H3. The minimum Gasteiger partial charge on any atom is -0.469 e. The molecule has 0 bridgehead atoms. The van der Waals surface area contributed by atoms with Gasteiger partial charge in [-0.15, -0.1) is 21.5 Å². The van der Waals surface area contributed by atoms with Crippen LogP contribution in [-0.2, 0) is 6.54 Å². The molecule has 0 saturated heterocycles. The number of nitrogens with zero attached hydrogens (tertiary/aromatic N) is 3. The lowest BCUT2D eigenvalue weighted by Gasteiger charge is -2.08. The second kappa shape index (κ2) is 7.81. The van der Waals surface area contributed by atoms with E-state index in [-0.39, 0.29) is 11.5 Å². The van der Waals surface area contributed by atoms with Crippen LogP contribution in [0.15, 0.2) is 50.0 Å². The molecular formula is C20H19N3O3S2. The fourth-order valence-corrected chi connectivity index (χ4v) is 4.41. The zero-order valence-electron chi connectivity index (χ0n) is 15.8. The van der Waals surface area contributed by atoms with Crippen LogP contribution in [0.25, 0.3) is 11.5 Å². The van der Waals surface area contributed by atoms with E-state index in [9.17, 15) is 4.79 Å². The number of ketones is 1. The molecule has 0 spiro atoms. The number of aryl methyl sites for hydroxylation is 2. The summed E-state index contributed by atoms with van der Waals surface area (Å²) in [7, 11) is 0. The Morgan fingerprint density at radius 2 is 2.11 bits per heavy atom. The van der Waals surface area contributed by atoms with Crippen molar-refractivity contribution in [3.63, 3.8) is 0 Å². The van der Waals surface area contributed by atoms with Crippen molar-refractivity contribution >= 4 is 28.9 Å². The summed E-state index contributed by atoms with van der Waals surface area (Å²) >= 11 is 2.97. The molecule has 0 amide bonds. The summed E-state index contributed by atoms with van der Waals surface area (Å²) in [5.74, 6) is 1.41. The number of rotatable bonds is 7. The molecule has 0 aromatic carbocycles. The number of thiophene rings is 1. The predicted molar refractivity (Wildman–Crippen MR) is 109 cm³/mol. The summed E-state index contributed by atoms with van der Waals surface area (Å²) in [6.07, 6.45) is 1.58. The van der Waals surface area contributed by atoms with Gasteiger partial charge in [0.05, 0.1) is 24.1 Å². The van der Waals surface area contributed by atoms with Gasteiger partial charge in [-0.25, -0.2) is 0 Å². The van der Waals surface area contributed by atoms with E-state index in [1.165, 1.54) is 16.6 Å². The van der Waals surface area contributed by atoms with Gasteiger partial charge in [-0.1, -0.05) is 17.8 Å². The average molecular weight is 414 g/mol. The Labute approximate surface area is 170 Å². The second-order valence-corrected chi connectivity index (χ2v) is 8.38. The Morgan fingerprint density at radius 3 is 2.82 bits per heavy atom. The van der Waals surface area contributed by atoms with Crippen LogP contribution >= 0.6 is 23.1 Å². The second-order valence-electron chi connectivity index (χ2n) is 6.43. The molecule has 6 nitrogen and oxygen atoms in total. The van der Waals surface area contributed by atoms with E-state index >= 15 is 0 Å². The van der Waals surface area contributed by atoms with Crippen molar-refractivity contribution in [1.82, 2.24) is 14.8 Å². The van der Waals surface area contributed by atoms with E-state index < -0.39 is 0 Å². The number of thioether (sulfide) groups is 1. The van der Waals surface area contributed by atoms with Crippen LogP contribution in [0.1, 0.15) is 32.4 Å². The van der Waals surface area contributed by atoms with E-state index in [0.29, 0.717) is 11.1 Å². The largest absolute Gasteiger partial charge is 0.469 e. The molecule has 0 unspecified atom stereocenters. The summed E-state index contributed by atoms with van der Waals surface area (Å²) < 4.78 is 13.1. The highest BCUT2D eigenvalue weighted by molar-refractivity contribution is 7.99. The van der Waals surface area contributed by atoms with Crippen LogP contribution in [0, 0.1) is 20.8 Å². The minimum atomic E-state index is 0.0507. The molecule has 28 heavy (non-hydrogen) atoms. The molecule has 4 heterocycles. The number of hydrogen-bond donors (Lipinski definition) is 0. The first-order valence-electron chi connectivity index (χ1n) is 8.76. The third kappa shape index (κ3) is 3.70. The third-order valence-corrected chi connectivity index (χ3v) is 6.27. The van der Waals surface area contributed by atoms with Crippen LogP contribution in [0.4, 0.5) is 0 Å². The van der Waals surface area contributed by atoms with Crippen LogP contribution in [-0.4, -0.2) is 26.3 Å². The molecule has 0 saturated carbocycles. The zero-order chi connectivity index (χ0) is 19.7. The Morgan fingerprint density at radius 1 is 1.25 bits per heavy atom. The van der Waals surface area contributed by atoms with Crippen molar-refractivity contribution in [2.24, 2.45) is 0 Å². The van der Waals surface area contributed by atoms with Crippen molar-refractivity contribution in [2.75, 3.05) is 5.75 Å². The summed E-state index contributed by atoms with van der Waals surface area (Å²) in [6, 6.07) is 7.89. The topological polar surface area (TPSA) is 74.1 Å². The smallest absolute Gasteiger partial charge is 0.277 e. The highest BCUT2D eigenvalue weighted by Gasteiger charge is 2.18. The van der Waals surface area contributed by atoms with Crippen LogP contribution in [0.3, 0.4) is 0 Å².